The van der Waals surface area contributed by atoms with E-state index in [9.17, 15) is 10.1 Å². The summed E-state index contributed by atoms with van der Waals surface area (Å²) in [7, 11) is 0. The van der Waals surface area contributed by atoms with Crippen LogP contribution in [0.3, 0.4) is 0 Å². The molecule has 0 aliphatic carbocycles. The Balaban J connectivity index is 3.01. The Kier molecular flexibility index (Phi) is 4.23. The number of pyridine rings is 1. The van der Waals surface area contributed by atoms with E-state index in [2.05, 4.69) is 20.9 Å². The van der Waals surface area contributed by atoms with Crippen LogP contribution in [0.1, 0.15) is 0 Å². The number of nitro groups is 1. The summed E-state index contributed by atoms with van der Waals surface area (Å²) in [6, 6.07) is 1.63. The van der Waals surface area contributed by atoms with Crippen molar-refractivity contribution in [2.45, 2.75) is 0 Å². The molecule has 0 spiro atoms. The van der Waals surface area contributed by atoms with Gasteiger partial charge in [0.1, 0.15) is 5.02 Å². The lowest BCUT2D eigenvalue weighted by atomic mass is 10.2. The zero-order valence-electron chi connectivity index (χ0n) is 8.18. The molecular formula is C9HBrCl3IN2O2. The van der Waals surface area contributed by atoms with Crippen LogP contribution in [0.4, 0.5) is 5.69 Å². The minimum atomic E-state index is -0.660. The minimum absolute atomic E-state index is 0.0507. The molecule has 2 rings (SSSR count). The molecule has 94 valence electrons. The third-order valence-electron chi connectivity index (χ3n) is 2.17. The Labute approximate surface area is 138 Å². The third kappa shape index (κ3) is 2.29. The van der Waals surface area contributed by atoms with E-state index in [1.807, 2.05) is 22.6 Å². The van der Waals surface area contributed by atoms with Crippen molar-refractivity contribution in [1.82, 2.24) is 4.98 Å². The lowest BCUT2D eigenvalue weighted by molar-refractivity contribution is -0.384. The normalized spacial score (nSPS) is 10.9. The lowest BCUT2D eigenvalue weighted by Gasteiger charge is -2.07. The molecule has 0 aliphatic rings. The van der Waals surface area contributed by atoms with E-state index in [1.54, 1.807) is 6.07 Å². The van der Waals surface area contributed by atoms with Gasteiger partial charge in [-0.3, -0.25) is 10.1 Å². The van der Waals surface area contributed by atoms with Crippen molar-refractivity contribution in [2.75, 3.05) is 0 Å². The Morgan fingerprint density at radius 1 is 1.33 bits per heavy atom. The Bertz CT molecular complexity index is 696. The number of nitrogens with zero attached hydrogens (tertiary/aromatic N) is 2. The molecule has 0 unspecified atom stereocenters. The number of halogens is 5. The maximum atomic E-state index is 10.9. The van der Waals surface area contributed by atoms with Crippen LogP contribution < -0.4 is 0 Å². The van der Waals surface area contributed by atoms with Gasteiger partial charge in [0.05, 0.1) is 19.9 Å². The smallest absolute Gasteiger partial charge is 0.258 e. The number of hydrogen-bond donors (Lipinski definition) is 0. The minimum Gasteiger partial charge on any atom is -0.258 e. The van der Waals surface area contributed by atoms with Crippen LogP contribution in [0.15, 0.2) is 10.5 Å². The fourth-order valence-corrected chi connectivity index (χ4v) is 3.60. The first-order valence-corrected chi connectivity index (χ1v) is 7.31. The van der Waals surface area contributed by atoms with Gasteiger partial charge in [-0.2, -0.15) is 0 Å². The maximum Gasteiger partial charge on any atom is 0.325 e. The molecule has 0 amide bonds. The summed E-state index contributed by atoms with van der Waals surface area (Å²) in [5, 5.41) is 11.4. The third-order valence-corrected chi connectivity index (χ3v) is 5.38. The van der Waals surface area contributed by atoms with E-state index in [0.29, 0.717) is 24.0 Å². The highest BCUT2D eigenvalue weighted by Crippen LogP contribution is 2.42. The molecule has 1 aromatic carbocycles. The summed E-state index contributed by atoms with van der Waals surface area (Å²) in [6.45, 7) is 0. The van der Waals surface area contributed by atoms with Crippen LogP contribution >= 0.6 is 73.3 Å². The second kappa shape index (κ2) is 5.24. The molecule has 9 heteroatoms. The summed E-state index contributed by atoms with van der Waals surface area (Å²) < 4.78 is 1.21. The topological polar surface area (TPSA) is 56.0 Å². The van der Waals surface area contributed by atoms with Crippen molar-refractivity contribution in [3.63, 3.8) is 0 Å². The van der Waals surface area contributed by atoms with E-state index in [-0.39, 0.29) is 10.2 Å². The zero-order valence-corrected chi connectivity index (χ0v) is 14.2. The standard InChI is InChI=1S/C9HBrCl3IN2O2/c10-4-6(12)3(14)1-2-5(11)8(16(17)18)9(13)15-7(2)4/h1H. The molecule has 0 saturated heterocycles. The monoisotopic (exact) mass is 480 g/mol. The second-order valence-electron chi connectivity index (χ2n) is 3.20. The fourth-order valence-electron chi connectivity index (χ4n) is 1.39. The largest absolute Gasteiger partial charge is 0.325 e. The predicted octanol–water partition coefficient (Wildman–Crippen LogP) is 5.47. The highest BCUT2D eigenvalue weighted by Gasteiger charge is 2.24. The predicted molar refractivity (Wildman–Crippen MR) is 83.8 cm³/mol. The quantitative estimate of drug-likeness (QED) is 0.178. The molecule has 0 radical (unpaired) electrons. The average Bonchev–Trinajstić information content (AvgIpc) is 2.28. The van der Waals surface area contributed by atoms with Gasteiger partial charge in [0.2, 0.25) is 5.15 Å². The van der Waals surface area contributed by atoms with Gasteiger partial charge in [-0.25, -0.2) is 4.98 Å². The van der Waals surface area contributed by atoms with E-state index in [0.717, 1.165) is 0 Å². The Morgan fingerprint density at radius 2 is 1.94 bits per heavy atom. The number of benzene rings is 1. The first kappa shape index (κ1) is 14.5. The van der Waals surface area contributed by atoms with Crippen LogP contribution in [0, 0.1) is 13.7 Å². The first-order valence-electron chi connectivity index (χ1n) is 4.31. The van der Waals surface area contributed by atoms with Crippen LogP contribution in [0.2, 0.25) is 15.2 Å². The summed E-state index contributed by atoms with van der Waals surface area (Å²) in [5.41, 5.74) is -0.0168. The molecule has 4 nitrogen and oxygen atoms in total. The summed E-state index contributed by atoms with van der Waals surface area (Å²) in [6.07, 6.45) is 0. The van der Waals surface area contributed by atoms with Crippen LogP contribution in [-0.2, 0) is 0 Å². The van der Waals surface area contributed by atoms with Crippen molar-refractivity contribution in [3.05, 3.63) is 39.4 Å². The van der Waals surface area contributed by atoms with Crippen molar-refractivity contribution in [1.29, 1.82) is 0 Å². The van der Waals surface area contributed by atoms with Gasteiger partial charge in [0.15, 0.2) is 0 Å². The molecule has 1 aromatic heterocycles. The molecule has 0 aliphatic heterocycles. The molecular weight excluding hydrogens is 481 g/mol. The summed E-state index contributed by atoms with van der Waals surface area (Å²) >= 11 is 23.1. The molecule has 0 N–H and O–H groups in total. The van der Waals surface area contributed by atoms with Crippen molar-refractivity contribution >= 4 is 89.9 Å². The number of hydrogen-bond acceptors (Lipinski definition) is 3. The van der Waals surface area contributed by atoms with E-state index < -0.39 is 10.6 Å². The van der Waals surface area contributed by atoms with Crippen molar-refractivity contribution in [3.8, 4) is 0 Å². The van der Waals surface area contributed by atoms with Crippen LogP contribution in [0.5, 0.6) is 0 Å². The van der Waals surface area contributed by atoms with E-state index in [1.165, 1.54) is 0 Å². The average molecular weight is 482 g/mol. The van der Waals surface area contributed by atoms with Gasteiger partial charge in [0.25, 0.3) is 0 Å². The van der Waals surface area contributed by atoms with E-state index >= 15 is 0 Å². The molecule has 0 bridgehead atoms. The first-order chi connectivity index (χ1) is 8.34. The van der Waals surface area contributed by atoms with Crippen LogP contribution in [-0.4, -0.2) is 9.91 Å². The van der Waals surface area contributed by atoms with E-state index in [4.69, 9.17) is 34.8 Å². The number of aromatic nitrogens is 1. The molecule has 18 heavy (non-hydrogen) atoms. The SMILES string of the molecule is O=[N+]([O-])c1c(Cl)nc2c(Br)c(Cl)c(I)cc2c1Cl. The van der Waals surface area contributed by atoms with Gasteiger partial charge in [-0.1, -0.05) is 34.8 Å². The number of fused-ring (bicyclic) bond motifs is 1. The summed E-state index contributed by atoms with van der Waals surface area (Å²) in [5.74, 6) is 0. The summed E-state index contributed by atoms with van der Waals surface area (Å²) in [4.78, 5) is 14.2. The molecule has 0 saturated carbocycles. The number of rotatable bonds is 1. The fraction of sp³-hybridized carbons (Fsp3) is 0. The maximum absolute atomic E-state index is 10.9. The second-order valence-corrected chi connectivity index (χ2v) is 6.27. The van der Waals surface area contributed by atoms with Gasteiger partial charge < -0.3 is 0 Å². The lowest BCUT2D eigenvalue weighted by Crippen LogP contribution is -1.95. The van der Waals surface area contributed by atoms with Crippen molar-refractivity contribution in [2.24, 2.45) is 0 Å². The van der Waals surface area contributed by atoms with Gasteiger partial charge in [0, 0.05) is 8.96 Å². The molecule has 0 fully saturated rings. The zero-order chi connectivity index (χ0) is 13.6. The van der Waals surface area contributed by atoms with Gasteiger partial charge >= 0.3 is 5.69 Å². The molecule has 0 atom stereocenters. The highest BCUT2D eigenvalue weighted by molar-refractivity contribution is 14.1. The molecule has 1 heterocycles. The highest BCUT2D eigenvalue weighted by atomic mass is 127. The van der Waals surface area contributed by atoms with Crippen LogP contribution in [0.25, 0.3) is 10.9 Å². The Morgan fingerprint density at radius 3 is 2.50 bits per heavy atom. The van der Waals surface area contributed by atoms with Gasteiger partial charge in [-0.05, 0) is 44.6 Å². The van der Waals surface area contributed by atoms with Gasteiger partial charge in [-0.15, -0.1) is 0 Å². The molecule has 2 aromatic rings. The van der Waals surface area contributed by atoms with Crippen molar-refractivity contribution < 1.29 is 4.92 Å². The Hall–Kier alpha value is 0.110.